The average molecular weight is 295 g/mol. The summed E-state index contributed by atoms with van der Waals surface area (Å²) in [5.41, 5.74) is 1.01. The molecule has 4 nitrogen and oxygen atoms in total. The van der Waals surface area contributed by atoms with Gasteiger partial charge in [-0.3, -0.25) is 0 Å². The summed E-state index contributed by atoms with van der Waals surface area (Å²) in [4.78, 5) is 4.57. The topological polar surface area (TPSA) is 37.1 Å². The molecule has 0 unspecified atom stereocenters. The molecule has 1 aromatic carbocycles. The highest BCUT2D eigenvalue weighted by Crippen LogP contribution is 2.20. The molecule has 1 aromatic rings. The third-order valence-corrected chi connectivity index (χ3v) is 4.12. The highest BCUT2D eigenvalue weighted by atomic mass is 32.1. The Hall–Kier alpha value is -1.17. The van der Waals surface area contributed by atoms with Crippen molar-refractivity contribution in [3.05, 3.63) is 29.8 Å². The fourth-order valence-electron chi connectivity index (χ4n) is 2.53. The molecule has 5 heteroatoms. The van der Waals surface area contributed by atoms with Gasteiger partial charge >= 0.3 is 0 Å². The summed E-state index contributed by atoms with van der Waals surface area (Å²) in [5, 5.41) is 8.99. The Labute approximate surface area is 125 Å². The van der Waals surface area contributed by atoms with Crippen LogP contribution in [0.3, 0.4) is 0 Å². The lowest BCUT2D eigenvalue weighted by atomic mass is 10.1. The van der Waals surface area contributed by atoms with Gasteiger partial charge in [-0.1, -0.05) is 24.4 Å². The first-order valence-electron chi connectivity index (χ1n) is 7.21. The summed E-state index contributed by atoms with van der Waals surface area (Å²) in [6.45, 7) is 7.65. The summed E-state index contributed by atoms with van der Waals surface area (Å²) in [5.74, 6) is 0.866. The van der Waals surface area contributed by atoms with Crippen LogP contribution in [0.15, 0.2) is 24.3 Å². The average Bonchev–Trinajstić information content (AvgIpc) is 2.49. The van der Waals surface area contributed by atoms with Crippen molar-refractivity contribution in [2.24, 2.45) is 0 Å². The maximum absolute atomic E-state index is 8.99. The van der Waals surface area contributed by atoms with Gasteiger partial charge in [-0.2, -0.15) is 0 Å². The molecule has 0 spiro atoms. The maximum Gasteiger partial charge on any atom is 0.129 e. The molecule has 110 valence electrons. The predicted molar refractivity (Wildman–Crippen MR) is 83.5 cm³/mol. The van der Waals surface area contributed by atoms with Crippen molar-refractivity contribution in [3.63, 3.8) is 0 Å². The van der Waals surface area contributed by atoms with Crippen molar-refractivity contribution in [3.8, 4) is 5.75 Å². The van der Waals surface area contributed by atoms with E-state index in [1.807, 2.05) is 31.2 Å². The lowest BCUT2D eigenvalue weighted by Crippen LogP contribution is -3.15. The number of benzene rings is 1. The fourth-order valence-corrected chi connectivity index (χ4v) is 2.88. The fraction of sp³-hybridized carbons (Fsp3) is 0.533. The first-order chi connectivity index (χ1) is 9.76. The van der Waals surface area contributed by atoms with E-state index < -0.39 is 0 Å². The molecular formula is C15H23N2O2S+. The van der Waals surface area contributed by atoms with Crippen molar-refractivity contribution in [1.82, 2.24) is 4.90 Å². The van der Waals surface area contributed by atoms with Crippen molar-refractivity contribution in [1.29, 1.82) is 0 Å². The molecule has 1 aliphatic heterocycles. The Morgan fingerprint density at radius 1 is 1.35 bits per heavy atom. The Balaban J connectivity index is 2.02. The lowest BCUT2D eigenvalue weighted by molar-refractivity contribution is -0.904. The monoisotopic (exact) mass is 295 g/mol. The van der Waals surface area contributed by atoms with Crippen molar-refractivity contribution in [2.75, 3.05) is 45.9 Å². The molecule has 20 heavy (non-hydrogen) atoms. The van der Waals surface area contributed by atoms with E-state index >= 15 is 0 Å². The standard InChI is InChI=1S/C15H22N2O2S/c1-2-19-14-6-4-3-5-13(14)15(20)17-9-7-16(8-10-17)11-12-18/h3-6,18H,2,7-12H2,1H3/p+1. The minimum Gasteiger partial charge on any atom is -0.493 e. The van der Waals surface area contributed by atoms with Gasteiger partial charge in [0.25, 0.3) is 0 Å². The van der Waals surface area contributed by atoms with E-state index in [-0.39, 0.29) is 6.61 Å². The van der Waals surface area contributed by atoms with Crippen LogP contribution in [0.4, 0.5) is 0 Å². The van der Waals surface area contributed by atoms with Crippen molar-refractivity contribution in [2.45, 2.75) is 6.92 Å². The summed E-state index contributed by atoms with van der Waals surface area (Å²) in [7, 11) is 0. The number of quaternary nitrogens is 1. The molecule has 1 fully saturated rings. The Morgan fingerprint density at radius 3 is 2.70 bits per heavy atom. The number of para-hydroxylation sites is 1. The number of rotatable bonds is 5. The first-order valence-corrected chi connectivity index (χ1v) is 7.62. The van der Waals surface area contributed by atoms with Crippen LogP contribution in [-0.4, -0.2) is 60.9 Å². The van der Waals surface area contributed by atoms with Gasteiger partial charge in [0.05, 0.1) is 45.0 Å². The lowest BCUT2D eigenvalue weighted by Gasteiger charge is -2.33. The number of aliphatic hydroxyl groups is 1. The van der Waals surface area contributed by atoms with E-state index in [2.05, 4.69) is 4.90 Å². The Kier molecular flexibility index (Phi) is 5.76. The van der Waals surface area contributed by atoms with Crippen LogP contribution in [0.1, 0.15) is 12.5 Å². The second-order valence-electron chi connectivity index (χ2n) is 4.94. The molecule has 0 amide bonds. The largest absolute Gasteiger partial charge is 0.493 e. The molecule has 1 heterocycles. The van der Waals surface area contributed by atoms with Crippen LogP contribution in [0.2, 0.25) is 0 Å². The minimum absolute atomic E-state index is 0.257. The zero-order valence-electron chi connectivity index (χ0n) is 12.0. The molecule has 0 bridgehead atoms. The van der Waals surface area contributed by atoms with E-state index in [9.17, 15) is 0 Å². The number of piperazine rings is 1. The van der Waals surface area contributed by atoms with Gasteiger partial charge in [0.1, 0.15) is 17.3 Å². The van der Waals surface area contributed by atoms with E-state index in [1.165, 1.54) is 4.90 Å². The zero-order chi connectivity index (χ0) is 14.4. The maximum atomic E-state index is 8.99. The molecule has 0 saturated carbocycles. The third kappa shape index (κ3) is 3.69. The summed E-state index contributed by atoms with van der Waals surface area (Å²) in [6.07, 6.45) is 0. The molecule has 0 aromatic heterocycles. The number of hydrogen-bond acceptors (Lipinski definition) is 3. The summed E-state index contributed by atoms with van der Waals surface area (Å²) in [6, 6.07) is 7.97. The van der Waals surface area contributed by atoms with Gasteiger partial charge in [0.15, 0.2) is 0 Å². The summed E-state index contributed by atoms with van der Waals surface area (Å²) >= 11 is 5.63. The third-order valence-electron chi connectivity index (χ3n) is 3.64. The first kappa shape index (κ1) is 15.2. The van der Waals surface area contributed by atoms with Gasteiger partial charge in [-0.25, -0.2) is 0 Å². The van der Waals surface area contributed by atoms with Gasteiger partial charge in [-0.05, 0) is 19.1 Å². The van der Waals surface area contributed by atoms with E-state index in [4.69, 9.17) is 22.1 Å². The number of nitrogens with zero attached hydrogens (tertiary/aromatic N) is 1. The van der Waals surface area contributed by atoms with Gasteiger partial charge in [0, 0.05) is 0 Å². The van der Waals surface area contributed by atoms with Crippen molar-refractivity contribution >= 4 is 17.2 Å². The Morgan fingerprint density at radius 2 is 2.05 bits per heavy atom. The normalized spacial score (nSPS) is 16.2. The van der Waals surface area contributed by atoms with E-state index in [1.54, 1.807) is 0 Å². The van der Waals surface area contributed by atoms with Gasteiger partial charge in [-0.15, -0.1) is 0 Å². The van der Waals surface area contributed by atoms with Crippen LogP contribution in [0, 0.1) is 0 Å². The number of aliphatic hydroxyl groups excluding tert-OH is 1. The number of nitrogens with one attached hydrogen (secondary N) is 1. The molecular weight excluding hydrogens is 272 g/mol. The van der Waals surface area contributed by atoms with Crippen LogP contribution < -0.4 is 9.64 Å². The van der Waals surface area contributed by atoms with Crippen LogP contribution >= 0.6 is 12.2 Å². The number of ether oxygens (including phenoxy) is 1. The van der Waals surface area contributed by atoms with Crippen LogP contribution in [-0.2, 0) is 0 Å². The number of hydrogen-bond donors (Lipinski definition) is 2. The van der Waals surface area contributed by atoms with Crippen molar-refractivity contribution < 1.29 is 14.7 Å². The van der Waals surface area contributed by atoms with E-state index in [0.29, 0.717) is 6.61 Å². The molecule has 0 atom stereocenters. The highest BCUT2D eigenvalue weighted by molar-refractivity contribution is 7.80. The summed E-state index contributed by atoms with van der Waals surface area (Å²) < 4.78 is 5.66. The zero-order valence-corrected chi connectivity index (χ0v) is 12.8. The molecule has 1 aliphatic rings. The van der Waals surface area contributed by atoms with Gasteiger partial charge in [0.2, 0.25) is 0 Å². The predicted octanol–water partition coefficient (Wildman–Crippen LogP) is -0.0464. The molecule has 2 N–H and O–H groups in total. The molecule has 0 radical (unpaired) electrons. The molecule has 0 aliphatic carbocycles. The Bertz CT molecular complexity index is 445. The highest BCUT2D eigenvalue weighted by Gasteiger charge is 2.23. The SMILES string of the molecule is CCOc1ccccc1C(=S)N1CC[NH+](CCO)CC1. The van der Waals surface area contributed by atoms with Gasteiger partial charge < -0.3 is 19.6 Å². The number of thiocarbonyl (C=S) groups is 1. The molecule has 2 rings (SSSR count). The quantitative estimate of drug-likeness (QED) is 0.747. The second-order valence-corrected chi connectivity index (χ2v) is 5.33. The van der Waals surface area contributed by atoms with Crippen LogP contribution in [0.5, 0.6) is 5.75 Å². The minimum atomic E-state index is 0.257. The van der Waals surface area contributed by atoms with E-state index in [0.717, 1.165) is 49.0 Å². The second kappa shape index (κ2) is 7.57. The van der Waals surface area contributed by atoms with Crippen LogP contribution in [0.25, 0.3) is 0 Å². The smallest absolute Gasteiger partial charge is 0.129 e. The molecule has 1 saturated heterocycles.